The van der Waals surface area contributed by atoms with Crippen LogP contribution in [-0.4, -0.2) is 65.1 Å². The number of nitrogens with zero attached hydrogens (tertiary/aromatic N) is 5. The van der Waals surface area contributed by atoms with Gasteiger partial charge in [0.05, 0.1) is 53.9 Å². The van der Waals surface area contributed by atoms with Gasteiger partial charge < -0.3 is 24.3 Å². The number of imidazole rings is 1. The first kappa shape index (κ1) is 23.2. The number of hydrogen-bond acceptors (Lipinski definition) is 7. The molecule has 3 N–H and O–H groups in total. The Hall–Kier alpha value is -5.19. The molecule has 4 aromatic heterocycles. The molecule has 0 bridgehead atoms. The van der Waals surface area contributed by atoms with Crippen molar-refractivity contribution in [3.8, 4) is 28.4 Å². The van der Waals surface area contributed by atoms with E-state index in [1.54, 1.807) is 12.3 Å². The van der Waals surface area contributed by atoms with E-state index in [4.69, 9.17) is 4.74 Å². The van der Waals surface area contributed by atoms with Crippen LogP contribution in [0.25, 0.3) is 39.3 Å². The second kappa shape index (κ2) is 9.04. The molecular weight excluding hydrogens is 486 g/mol. The molecule has 1 aliphatic rings. The standard InChI is InChI=1S/C27H23N7O4/c1-15(35)18-10-19(32-31-18)24-25-23(21(38-2)13-30-24)17(11-29-25)26(36)27(37)33-8-9-34-20(12-28-22(34)14-33)16-6-4-3-5-7-16/h3-7,10-13,29,35H,1,8-9,14H2,2H3,(H,31,32). The maximum atomic E-state index is 13.5. The van der Waals surface area contributed by atoms with Crippen molar-refractivity contribution in [1.82, 2.24) is 34.6 Å². The molecule has 0 saturated heterocycles. The van der Waals surface area contributed by atoms with Crippen molar-refractivity contribution >= 4 is 28.4 Å². The first-order valence-corrected chi connectivity index (χ1v) is 11.9. The molecule has 5 aromatic rings. The number of Topliss-reactive ketones (excluding diaryl/α,β-unsaturated/α-hetero) is 1. The lowest BCUT2D eigenvalue weighted by Gasteiger charge is -2.28. The Morgan fingerprint density at radius 3 is 2.68 bits per heavy atom. The van der Waals surface area contributed by atoms with E-state index in [-0.39, 0.29) is 17.9 Å². The molecule has 1 aromatic carbocycles. The molecule has 1 aliphatic heterocycles. The number of carbonyl (C=O) groups is 2. The summed E-state index contributed by atoms with van der Waals surface area (Å²) < 4.78 is 7.55. The minimum Gasteiger partial charge on any atom is -0.506 e. The lowest BCUT2D eigenvalue weighted by molar-refractivity contribution is -0.127. The van der Waals surface area contributed by atoms with E-state index in [9.17, 15) is 14.7 Å². The van der Waals surface area contributed by atoms with Crippen molar-refractivity contribution in [3.05, 3.63) is 78.6 Å². The van der Waals surface area contributed by atoms with Crippen LogP contribution in [-0.2, 0) is 17.9 Å². The predicted octanol–water partition coefficient (Wildman–Crippen LogP) is 3.58. The van der Waals surface area contributed by atoms with Crippen LogP contribution in [0.15, 0.2) is 61.6 Å². The van der Waals surface area contributed by atoms with Crippen LogP contribution >= 0.6 is 0 Å². The normalized spacial score (nSPS) is 12.9. The van der Waals surface area contributed by atoms with E-state index < -0.39 is 11.7 Å². The maximum Gasteiger partial charge on any atom is 0.295 e. The number of benzene rings is 1. The Morgan fingerprint density at radius 2 is 1.95 bits per heavy atom. The summed E-state index contributed by atoms with van der Waals surface area (Å²) in [6.07, 6.45) is 4.75. The average molecular weight is 510 g/mol. The number of H-pyrrole nitrogens is 2. The summed E-state index contributed by atoms with van der Waals surface area (Å²) in [4.78, 5) is 40.4. The Morgan fingerprint density at radius 1 is 1.13 bits per heavy atom. The molecule has 11 nitrogen and oxygen atoms in total. The average Bonchev–Trinajstić information content (AvgIpc) is 3.70. The molecule has 0 atom stereocenters. The van der Waals surface area contributed by atoms with E-state index >= 15 is 0 Å². The summed E-state index contributed by atoms with van der Waals surface area (Å²) in [6, 6.07) is 11.5. The zero-order valence-electron chi connectivity index (χ0n) is 20.4. The molecule has 0 aliphatic carbocycles. The number of hydrogen-bond donors (Lipinski definition) is 3. The molecule has 1 amide bonds. The number of aromatic nitrogens is 6. The number of methoxy groups -OCH3 is 1. The largest absolute Gasteiger partial charge is 0.506 e. The van der Waals surface area contributed by atoms with Crippen molar-refractivity contribution < 1.29 is 19.4 Å². The van der Waals surface area contributed by atoms with Crippen LogP contribution in [0.3, 0.4) is 0 Å². The fourth-order valence-corrected chi connectivity index (χ4v) is 4.77. The van der Waals surface area contributed by atoms with Gasteiger partial charge in [0.25, 0.3) is 11.7 Å². The van der Waals surface area contributed by atoms with Gasteiger partial charge in [-0.15, -0.1) is 0 Å². The zero-order chi connectivity index (χ0) is 26.4. The number of aliphatic hydroxyl groups is 1. The molecule has 0 saturated carbocycles. The monoisotopic (exact) mass is 509 g/mol. The highest BCUT2D eigenvalue weighted by molar-refractivity contribution is 6.45. The number of nitrogens with one attached hydrogen (secondary N) is 2. The summed E-state index contributed by atoms with van der Waals surface area (Å²) in [5.74, 6) is -0.398. The number of aliphatic hydroxyl groups excluding tert-OH is 1. The lowest BCUT2D eigenvalue weighted by atomic mass is 10.1. The number of ether oxygens (including phenoxy) is 1. The second-order valence-corrected chi connectivity index (χ2v) is 8.87. The van der Waals surface area contributed by atoms with Gasteiger partial charge in [0.2, 0.25) is 0 Å². The maximum absolute atomic E-state index is 13.5. The smallest absolute Gasteiger partial charge is 0.295 e. The van der Waals surface area contributed by atoms with E-state index in [0.717, 1.165) is 17.1 Å². The number of fused-ring (bicyclic) bond motifs is 2. The molecule has 38 heavy (non-hydrogen) atoms. The summed E-state index contributed by atoms with van der Waals surface area (Å²) in [5.41, 5.74) is 3.85. The van der Waals surface area contributed by atoms with E-state index in [1.165, 1.54) is 24.4 Å². The fourth-order valence-electron chi connectivity index (χ4n) is 4.77. The molecule has 0 radical (unpaired) electrons. The Kier molecular flexibility index (Phi) is 5.52. The number of rotatable bonds is 6. The van der Waals surface area contributed by atoms with Crippen LogP contribution in [0.5, 0.6) is 5.75 Å². The highest BCUT2D eigenvalue weighted by atomic mass is 16.5. The van der Waals surface area contributed by atoms with E-state index in [1.807, 2.05) is 30.3 Å². The minimum atomic E-state index is -0.665. The molecule has 0 fully saturated rings. The van der Waals surface area contributed by atoms with Crippen molar-refractivity contribution in [2.24, 2.45) is 0 Å². The topological polar surface area (TPSA) is 142 Å². The molecular formula is C27H23N7O4. The molecule has 0 unspecified atom stereocenters. The van der Waals surface area contributed by atoms with Gasteiger partial charge in [0, 0.05) is 19.3 Å². The summed E-state index contributed by atoms with van der Waals surface area (Å²) in [6.45, 7) is 4.62. The van der Waals surface area contributed by atoms with Crippen LogP contribution in [0.1, 0.15) is 21.9 Å². The minimum absolute atomic E-state index is 0.167. The zero-order valence-corrected chi connectivity index (χ0v) is 20.4. The number of pyridine rings is 1. The van der Waals surface area contributed by atoms with Gasteiger partial charge in [-0.05, 0) is 11.6 Å². The van der Waals surface area contributed by atoms with Gasteiger partial charge in [-0.25, -0.2) is 9.97 Å². The Balaban J connectivity index is 1.31. The summed E-state index contributed by atoms with van der Waals surface area (Å²) >= 11 is 0. The van der Waals surface area contributed by atoms with E-state index in [0.29, 0.717) is 46.8 Å². The van der Waals surface area contributed by atoms with Crippen molar-refractivity contribution in [1.29, 1.82) is 0 Å². The third-order valence-electron chi connectivity index (χ3n) is 6.69. The number of aromatic amines is 2. The van der Waals surface area contributed by atoms with Gasteiger partial charge in [-0.3, -0.25) is 14.7 Å². The van der Waals surface area contributed by atoms with Gasteiger partial charge in [0.15, 0.2) is 0 Å². The second-order valence-electron chi connectivity index (χ2n) is 8.87. The lowest BCUT2D eigenvalue weighted by Crippen LogP contribution is -2.42. The van der Waals surface area contributed by atoms with Gasteiger partial charge >= 0.3 is 0 Å². The van der Waals surface area contributed by atoms with Crippen molar-refractivity contribution in [2.45, 2.75) is 13.1 Å². The first-order valence-electron chi connectivity index (χ1n) is 11.9. The highest BCUT2D eigenvalue weighted by Gasteiger charge is 2.31. The summed E-state index contributed by atoms with van der Waals surface area (Å²) in [7, 11) is 1.47. The van der Waals surface area contributed by atoms with Crippen LogP contribution in [0.2, 0.25) is 0 Å². The first-order chi connectivity index (χ1) is 18.5. The SMILES string of the molecule is C=C(O)c1cc(-c2ncc(OC)c3c(C(=O)C(=O)N4CCn5c(-c6ccccc6)cnc5C4)c[nH]c23)n[nH]1. The van der Waals surface area contributed by atoms with Gasteiger partial charge in [0.1, 0.15) is 28.7 Å². The van der Waals surface area contributed by atoms with Crippen LogP contribution in [0, 0.1) is 0 Å². The third-order valence-corrected chi connectivity index (χ3v) is 6.69. The van der Waals surface area contributed by atoms with Crippen LogP contribution in [0.4, 0.5) is 0 Å². The molecule has 6 rings (SSSR count). The number of amides is 1. The Bertz CT molecular complexity index is 1710. The molecule has 190 valence electrons. The van der Waals surface area contributed by atoms with E-state index in [2.05, 4.69) is 36.3 Å². The number of carbonyl (C=O) groups excluding carboxylic acids is 2. The summed E-state index contributed by atoms with van der Waals surface area (Å²) in [5, 5.41) is 16.9. The third kappa shape index (κ3) is 3.72. The van der Waals surface area contributed by atoms with Crippen molar-refractivity contribution in [3.63, 3.8) is 0 Å². The van der Waals surface area contributed by atoms with Crippen molar-refractivity contribution in [2.75, 3.05) is 13.7 Å². The van der Waals surface area contributed by atoms with Crippen LogP contribution < -0.4 is 4.74 Å². The van der Waals surface area contributed by atoms with Gasteiger partial charge in [-0.2, -0.15) is 5.10 Å². The number of ketones is 1. The quantitative estimate of drug-likeness (QED) is 0.180. The fraction of sp³-hybridized carbons (Fsp3) is 0.148. The highest BCUT2D eigenvalue weighted by Crippen LogP contribution is 2.35. The molecule has 0 spiro atoms. The predicted molar refractivity (Wildman–Crippen MR) is 139 cm³/mol. The molecule has 5 heterocycles. The molecule has 11 heteroatoms. The Labute approximate surface area is 216 Å². The van der Waals surface area contributed by atoms with Gasteiger partial charge in [-0.1, -0.05) is 36.9 Å².